The first-order valence-corrected chi connectivity index (χ1v) is 8.29. The van der Waals surface area contributed by atoms with Gasteiger partial charge in [0.25, 0.3) is 10.0 Å². The van der Waals surface area contributed by atoms with Gasteiger partial charge in [-0.3, -0.25) is 4.72 Å². The number of nitrogens with two attached hydrogens (primary N) is 1. The van der Waals surface area contributed by atoms with Gasteiger partial charge in [0.15, 0.2) is 0 Å². The molecule has 0 fully saturated rings. The van der Waals surface area contributed by atoms with Gasteiger partial charge in [0, 0.05) is 11.6 Å². The number of rotatable bonds is 4. The van der Waals surface area contributed by atoms with Crippen LogP contribution in [0.5, 0.6) is 0 Å². The second-order valence-electron chi connectivity index (χ2n) is 4.81. The third kappa shape index (κ3) is 3.37. The predicted octanol–water partition coefficient (Wildman–Crippen LogP) is 3.22. The molecule has 2 aromatic carbocycles. The Morgan fingerprint density at radius 2 is 1.90 bits per heavy atom. The van der Waals surface area contributed by atoms with Crippen LogP contribution in [0.15, 0.2) is 41.3 Å². The number of benzene rings is 2. The summed E-state index contributed by atoms with van der Waals surface area (Å²) in [4.78, 5) is 0.227. The Labute approximate surface area is 130 Å². The molecular formula is C15H17ClN2O2S. The highest BCUT2D eigenvalue weighted by Gasteiger charge is 2.19. The van der Waals surface area contributed by atoms with E-state index in [0.29, 0.717) is 22.8 Å². The van der Waals surface area contributed by atoms with E-state index in [2.05, 4.69) is 4.72 Å². The number of hydrogen-bond donors (Lipinski definition) is 2. The molecule has 0 aliphatic heterocycles. The van der Waals surface area contributed by atoms with E-state index in [4.69, 9.17) is 17.3 Å². The van der Waals surface area contributed by atoms with E-state index in [1.165, 1.54) is 0 Å². The van der Waals surface area contributed by atoms with Crippen molar-refractivity contribution in [3.05, 3.63) is 58.1 Å². The van der Waals surface area contributed by atoms with Gasteiger partial charge in [0.2, 0.25) is 0 Å². The Morgan fingerprint density at radius 3 is 2.57 bits per heavy atom. The van der Waals surface area contributed by atoms with Crippen molar-refractivity contribution in [2.24, 2.45) is 5.73 Å². The molecule has 0 atom stereocenters. The Balaban J connectivity index is 2.46. The smallest absolute Gasteiger partial charge is 0.262 e. The zero-order valence-corrected chi connectivity index (χ0v) is 13.4. The summed E-state index contributed by atoms with van der Waals surface area (Å²) in [7, 11) is -3.68. The maximum Gasteiger partial charge on any atom is 0.262 e. The minimum Gasteiger partial charge on any atom is -0.326 e. The van der Waals surface area contributed by atoms with Crippen molar-refractivity contribution in [3.8, 4) is 0 Å². The molecule has 0 aliphatic rings. The lowest BCUT2D eigenvalue weighted by Gasteiger charge is -2.14. The van der Waals surface area contributed by atoms with E-state index in [1.54, 1.807) is 37.3 Å². The van der Waals surface area contributed by atoms with Crippen LogP contribution in [0.2, 0.25) is 5.02 Å². The molecule has 0 saturated carbocycles. The van der Waals surface area contributed by atoms with Crippen LogP contribution in [0.4, 0.5) is 5.69 Å². The Hall–Kier alpha value is -1.56. The van der Waals surface area contributed by atoms with Gasteiger partial charge in [-0.15, -0.1) is 0 Å². The molecule has 112 valence electrons. The first-order valence-electron chi connectivity index (χ1n) is 6.42. The predicted molar refractivity (Wildman–Crippen MR) is 86.1 cm³/mol. The third-order valence-corrected chi connectivity index (χ3v) is 5.09. The zero-order chi connectivity index (χ0) is 15.6. The molecule has 3 N–H and O–H groups in total. The van der Waals surface area contributed by atoms with Crippen LogP contribution in [0.1, 0.15) is 16.7 Å². The van der Waals surface area contributed by atoms with Crippen LogP contribution in [0.25, 0.3) is 0 Å². The molecule has 0 bridgehead atoms. The van der Waals surface area contributed by atoms with Crippen LogP contribution in [0.3, 0.4) is 0 Å². The zero-order valence-electron chi connectivity index (χ0n) is 11.9. The summed E-state index contributed by atoms with van der Waals surface area (Å²) in [6.07, 6.45) is 0. The molecule has 0 aliphatic carbocycles. The van der Waals surface area contributed by atoms with Crippen LogP contribution in [-0.2, 0) is 16.6 Å². The third-order valence-electron chi connectivity index (χ3n) is 3.35. The van der Waals surface area contributed by atoms with Crippen LogP contribution in [0, 0.1) is 13.8 Å². The fourth-order valence-electron chi connectivity index (χ4n) is 2.08. The number of halogens is 1. The highest BCUT2D eigenvalue weighted by Crippen LogP contribution is 2.25. The van der Waals surface area contributed by atoms with Crippen molar-refractivity contribution in [2.75, 3.05) is 4.72 Å². The molecule has 0 amide bonds. The summed E-state index contributed by atoms with van der Waals surface area (Å²) in [5.74, 6) is 0. The van der Waals surface area contributed by atoms with Crippen molar-refractivity contribution >= 4 is 27.3 Å². The molecule has 0 radical (unpaired) electrons. The van der Waals surface area contributed by atoms with Gasteiger partial charge < -0.3 is 5.73 Å². The summed E-state index contributed by atoms with van der Waals surface area (Å²) in [6.45, 7) is 3.87. The standard InChI is InChI=1S/C15H17ClN2O2S/c1-10-6-7-13(16)8-14(10)18-21(19,20)15-5-3-4-12(9-17)11(15)2/h3-8,18H,9,17H2,1-2H3. The number of sulfonamides is 1. The highest BCUT2D eigenvalue weighted by atomic mass is 35.5. The monoisotopic (exact) mass is 324 g/mol. The SMILES string of the molecule is Cc1ccc(Cl)cc1NS(=O)(=O)c1cccc(CN)c1C. The first-order chi connectivity index (χ1) is 9.85. The maximum absolute atomic E-state index is 12.6. The molecule has 2 aromatic rings. The van der Waals surface area contributed by atoms with E-state index < -0.39 is 10.0 Å². The van der Waals surface area contributed by atoms with Crippen molar-refractivity contribution < 1.29 is 8.42 Å². The minimum atomic E-state index is -3.68. The molecule has 2 rings (SSSR count). The van der Waals surface area contributed by atoms with Crippen molar-refractivity contribution in [3.63, 3.8) is 0 Å². The van der Waals surface area contributed by atoms with Gasteiger partial charge in [0.05, 0.1) is 10.6 Å². The average molecular weight is 325 g/mol. The van der Waals surface area contributed by atoms with Crippen molar-refractivity contribution in [1.29, 1.82) is 0 Å². The average Bonchev–Trinajstić information content (AvgIpc) is 2.42. The molecule has 4 nitrogen and oxygen atoms in total. The van der Waals surface area contributed by atoms with Gasteiger partial charge in [-0.05, 0) is 48.7 Å². The number of aryl methyl sites for hydroxylation is 1. The van der Waals surface area contributed by atoms with Crippen molar-refractivity contribution in [2.45, 2.75) is 25.3 Å². The fourth-order valence-corrected chi connectivity index (χ4v) is 3.66. The van der Waals surface area contributed by atoms with Crippen LogP contribution >= 0.6 is 11.6 Å². The molecule has 0 aromatic heterocycles. The van der Waals surface area contributed by atoms with Gasteiger partial charge in [-0.2, -0.15) is 0 Å². The number of anilines is 1. The van der Waals surface area contributed by atoms with E-state index in [-0.39, 0.29) is 4.90 Å². The Morgan fingerprint density at radius 1 is 1.19 bits per heavy atom. The van der Waals surface area contributed by atoms with E-state index in [0.717, 1.165) is 11.1 Å². The lowest BCUT2D eigenvalue weighted by molar-refractivity contribution is 0.600. The molecule has 0 unspecified atom stereocenters. The van der Waals surface area contributed by atoms with Crippen molar-refractivity contribution in [1.82, 2.24) is 0 Å². The first kappa shape index (κ1) is 15.8. The van der Waals surface area contributed by atoms with E-state index >= 15 is 0 Å². The highest BCUT2D eigenvalue weighted by molar-refractivity contribution is 7.92. The van der Waals surface area contributed by atoms with Gasteiger partial charge in [-0.1, -0.05) is 29.8 Å². The summed E-state index contributed by atoms with van der Waals surface area (Å²) in [6, 6.07) is 10.2. The number of hydrogen-bond acceptors (Lipinski definition) is 3. The van der Waals surface area contributed by atoms with Gasteiger partial charge >= 0.3 is 0 Å². The lowest BCUT2D eigenvalue weighted by Crippen LogP contribution is -2.16. The molecule has 0 spiro atoms. The maximum atomic E-state index is 12.6. The van der Waals surface area contributed by atoms with Crippen LogP contribution < -0.4 is 10.5 Å². The topological polar surface area (TPSA) is 72.2 Å². The van der Waals surface area contributed by atoms with Crippen LogP contribution in [-0.4, -0.2) is 8.42 Å². The van der Waals surface area contributed by atoms with Gasteiger partial charge in [0.1, 0.15) is 0 Å². The normalized spacial score (nSPS) is 11.4. The second kappa shape index (κ2) is 6.05. The fraction of sp³-hybridized carbons (Fsp3) is 0.200. The Kier molecular flexibility index (Phi) is 4.56. The van der Waals surface area contributed by atoms with E-state index in [9.17, 15) is 8.42 Å². The van der Waals surface area contributed by atoms with Gasteiger partial charge in [-0.25, -0.2) is 8.42 Å². The summed E-state index contributed by atoms with van der Waals surface area (Å²) in [5.41, 5.74) is 8.37. The summed E-state index contributed by atoms with van der Waals surface area (Å²) >= 11 is 5.92. The number of nitrogens with one attached hydrogen (secondary N) is 1. The molecule has 6 heteroatoms. The molecule has 21 heavy (non-hydrogen) atoms. The largest absolute Gasteiger partial charge is 0.326 e. The molecule has 0 heterocycles. The lowest BCUT2D eigenvalue weighted by atomic mass is 10.1. The molecular weight excluding hydrogens is 308 g/mol. The Bertz CT molecular complexity index is 773. The molecule has 0 saturated heterocycles. The van der Waals surface area contributed by atoms with E-state index in [1.807, 2.05) is 13.0 Å². The minimum absolute atomic E-state index is 0.227. The summed E-state index contributed by atoms with van der Waals surface area (Å²) < 4.78 is 27.7. The second-order valence-corrected chi connectivity index (χ2v) is 6.90. The summed E-state index contributed by atoms with van der Waals surface area (Å²) in [5, 5.41) is 0.478. The quantitative estimate of drug-likeness (QED) is 0.907.